The number of benzene rings is 1. The van der Waals surface area contributed by atoms with Crippen LogP contribution in [0.15, 0.2) is 18.2 Å². The van der Waals surface area contributed by atoms with Gasteiger partial charge in [0.1, 0.15) is 0 Å². The molecular formula is C16H25IN2. The molecule has 106 valence electrons. The van der Waals surface area contributed by atoms with Crippen molar-refractivity contribution in [2.24, 2.45) is 5.92 Å². The second-order valence-corrected chi connectivity index (χ2v) is 7.24. The van der Waals surface area contributed by atoms with E-state index < -0.39 is 0 Å². The van der Waals surface area contributed by atoms with Crippen molar-refractivity contribution in [3.63, 3.8) is 0 Å². The zero-order valence-corrected chi connectivity index (χ0v) is 14.4. The van der Waals surface area contributed by atoms with Gasteiger partial charge in [-0.2, -0.15) is 0 Å². The van der Waals surface area contributed by atoms with Gasteiger partial charge in [0.2, 0.25) is 0 Å². The maximum Gasteiger partial charge on any atom is 0.0353 e. The number of likely N-dealkylation sites (tertiary alicyclic amines) is 1. The normalized spacial score (nSPS) is 17.9. The minimum Gasteiger partial charge on any atom is -0.382 e. The Morgan fingerprint density at radius 1 is 1.32 bits per heavy atom. The minimum absolute atomic E-state index is 0.641. The van der Waals surface area contributed by atoms with E-state index in [-0.39, 0.29) is 0 Å². The van der Waals surface area contributed by atoms with Crippen LogP contribution >= 0.6 is 22.6 Å². The summed E-state index contributed by atoms with van der Waals surface area (Å²) >= 11 is 2.41. The van der Waals surface area contributed by atoms with Crippen LogP contribution < -0.4 is 5.32 Å². The fourth-order valence-corrected chi connectivity index (χ4v) is 3.21. The summed E-state index contributed by atoms with van der Waals surface area (Å²) < 4.78 is 1.35. The molecule has 0 radical (unpaired) electrons. The third-order valence-corrected chi connectivity index (χ3v) is 4.92. The molecule has 3 heteroatoms. The molecule has 0 unspecified atom stereocenters. The third-order valence-electron chi connectivity index (χ3n) is 3.75. The summed E-state index contributed by atoms with van der Waals surface area (Å²) in [6, 6.07) is 7.31. The van der Waals surface area contributed by atoms with Crippen LogP contribution in [0.2, 0.25) is 0 Å². The van der Waals surface area contributed by atoms with Gasteiger partial charge in [-0.15, -0.1) is 0 Å². The molecule has 2 nitrogen and oxygen atoms in total. The van der Waals surface area contributed by atoms with Crippen molar-refractivity contribution in [1.29, 1.82) is 0 Å². The lowest BCUT2D eigenvalue weighted by Crippen LogP contribution is -2.40. The van der Waals surface area contributed by atoms with Gasteiger partial charge in [0.05, 0.1) is 0 Å². The lowest BCUT2D eigenvalue weighted by Gasteiger charge is -2.33. The Balaban J connectivity index is 1.83. The molecule has 2 rings (SSSR count). The first-order valence-corrected chi connectivity index (χ1v) is 8.37. The van der Waals surface area contributed by atoms with Crippen LogP contribution in [0.4, 0.5) is 5.69 Å². The summed E-state index contributed by atoms with van der Waals surface area (Å²) in [5, 5.41) is 3.69. The number of hydrogen-bond acceptors (Lipinski definition) is 2. The zero-order valence-electron chi connectivity index (χ0n) is 12.2. The Hall–Kier alpha value is -0.290. The largest absolute Gasteiger partial charge is 0.382 e. The number of hydrogen-bond donors (Lipinski definition) is 1. The van der Waals surface area contributed by atoms with E-state index in [0.717, 1.165) is 5.92 Å². The predicted molar refractivity (Wildman–Crippen MR) is 91.8 cm³/mol. The fourth-order valence-electron chi connectivity index (χ4n) is 2.69. The van der Waals surface area contributed by atoms with Crippen molar-refractivity contribution < 1.29 is 0 Å². The van der Waals surface area contributed by atoms with E-state index in [4.69, 9.17) is 0 Å². The maximum atomic E-state index is 3.69. The molecule has 0 aliphatic carbocycles. The molecule has 0 bridgehead atoms. The molecule has 0 spiro atoms. The lowest BCUT2D eigenvalue weighted by molar-refractivity contribution is 0.198. The molecular weight excluding hydrogens is 347 g/mol. The van der Waals surface area contributed by atoms with E-state index in [1.54, 1.807) is 0 Å². The quantitative estimate of drug-likeness (QED) is 0.800. The van der Waals surface area contributed by atoms with Gasteiger partial charge in [-0.05, 0) is 66.0 Å². The SMILES string of the molecule is Cc1ccc(NC2CCN(CC(C)C)CC2)cc1I. The first-order chi connectivity index (χ1) is 9.04. The van der Waals surface area contributed by atoms with Gasteiger partial charge in [-0.1, -0.05) is 19.9 Å². The summed E-state index contributed by atoms with van der Waals surface area (Å²) in [6.45, 7) is 10.5. The molecule has 1 aromatic rings. The summed E-state index contributed by atoms with van der Waals surface area (Å²) in [6.07, 6.45) is 2.52. The van der Waals surface area contributed by atoms with E-state index >= 15 is 0 Å². The highest BCUT2D eigenvalue weighted by molar-refractivity contribution is 14.1. The maximum absolute atomic E-state index is 3.69. The van der Waals surface area contributed by atoms with Gasteiger partial charge in [-0.25, -0.2) is 0 Å². The van der Waals surface area contributed by atoms with Crippen LogP contribution in [0.3, 0.4) is 0 Å². The molecule has 0 saturated carbocycles. The second-order valence-electron chi connectivity index (χ2n) is 6.08. The van der Waals surface area contributed by atoms with E-state index in [1.165, 1.54) is 47.3 Å². The number of halogens is 1. The van der Waals surface area contributed by atoms with Crippen molar-refractivity contribution in [3.05, 3.63) is 27.3 Å². The van der Waals surface area contributed by atoms with Crippen LogP contribution in [0.5, 0.6) is 0 Å². The average Bonchev–Trinajstić information content (AvgIpc) is 2.36. The van der Waals surface area contributed by atoms with Crippen molar-refractivity contribution in [2.75, 3.05) is 25.0 Å². The molecule has 19 heavy (non-hydrogen) atoms. The number of rotatable bonds is 4. The molecule has 1 saturated heterocycles. The third kappa shape index (κ3) is 4.63. The fraction of sp³-hybridized carbons (Fsp3) is 0.625. The highest BCUT2D eigenvalue weighted by atomic mass is 127. The Morgan fingerprint density at radius 2 is 2.00 bits per heavy atom. The van der Waals surface area contributed by atoms with Crippen LogP contribution in [0, 0.1) is 16.4 Å². The van der Waals surface area contributed by atoms with Crippen LogP contribution in [-0.2, 0) is 0 Å². The van der Waals surface area contributed by atoms with E-state index in [9.17, 15) is 0 Å². The molecule has 1 heterocycles. The zero-order chi connectivity index (χ0) is 13.8. The number of piperidine rings is 1. The van der Waals surface area contributed by atoms with E-state index in [1.807, 2.05) is 0 Å². The van der Waals surface area contributed by atoms with Gasteiger partial charge in [0, 0.05) is 34.9 Å². The molecule has 0 atom stereocenters. The van der Waals surface area contributed by atoms with Gasteiger partial charge in [-0.3, -0.25) is 0 Å². The number of anilines is 1. The standard InChI is InChI=1S/C16H25IN2/c1-12(2)11-19-8-6-14(7-9-19)18-15-5-4-13(3)16(17)10-15/h4-5,10,12,14,18H,6-9,11H2,1-3H3. The number of nitrogens with zero attached hydrogens (tertiary/aromatic N) is 1. The molecule has 0 aromatic heterocycles. The predicted octanol–water partition coefficient (Wildman–Crippen LogP) is 4.13. The van der Waals surface area contributed by atoms with Crippen molar-refractivity contribution in [3.8, 4) is 0 Å². The topological polar surface area (TPSA) is 15.3 Å². The van der Waals surface area contributed by atoms with Crippen LogP contribution in [0.1, 0.15) is 32.3 Å². The van der Waals surface area contributed by atoms with E-state index in [0.29, 0.717) is 6.04 Å². The lowest BCUT2D eigenvalue weighted by atomic mass is 10.0. The van der Waals surface area contributed by atoms with Gasteiger partial charge < -0.3 is 10.2 Å². The number of aryl methyl sites for hydroxylation is 1. The van der Waals surface area contributed by atoms with Gasteiger partial charge in [0.15, 0.2) is 0 Å². The molecule has 1 fully saturated rings. The molecule has 0 amide bonds. The molecule has 1 aliphatic heterocycles. The smallest absolute Gasteiger partial charge is 0.0353 e. The van der Waals surface area contributed by atoms with Gasteiger partial charge in [0.25, 0.3) is 0 Å². The van der Waals surface area contributed by atoms with Crippen LogP contribution in [-0.4, -0.2) is 30.6 Å². The highest BCUT2D eigenvalue weighted by Crippen LogP contribution is 2.21. The summed E-state index contributed by atoms with van der Waals surface area (Å²) in [4.78, 5) is 2.60. The summed E-state index contributed by atoms with van der Waals surface area (Å²) in [7, 11) is 0. The number of nitrogens with one attached hydrogen (secondary N) is 1. The Morgan fingerprint density at radius 3 is 2.58 bits per heavy atom. The Labute approximate surface area is 131 Å². The average molecular weight is 372 g/mol. The van der Waals surface area contributed by atoms with Crippen molar-refractivity contribution in [2.45, 2.75) is 39.7 Å². The minimum atomic E-state index is 0.641. The summed E-state index contributed by atoms with van der Waals surface area (Å²) in [5.74, 6) is 0.781. The Bertz CT molecular complexity index is 409. The molecule has 1 aromatic carbocycles. The molecule has 1 N–H and O–H groups in total. The second kappa shape index (κ2) is 6.93. The molecule has 1 aliphatic rings. The first kappa shape index (κ1) is 15.1. The monoisotopic (exact) mass is 372 g/mol. The van der Waals surface area contributed by atoms with E-state index in [2.05, 4.69) is 71.8 Å². The summed E-state index contributed by atoms with van der Waals surface area (Å²) in [5.41, 5.74) is 2.63. The van der Waals surface area contributed by atoms with Crippen molar-refractivity contribution >= 4 is 28.3 Å². The first-order valence-electron chi connectivity index (χ1n) is 7.29. The Kier molecular flexibility index (Phi) is 5.51. The van der Waals surface area contributed by atoms with Crippen LogP contribution in [0.25, 0.3) is 0 Å². The van der Waals surface area contributed by atoms with Crippen molar-refractivity contribution in [1.82, 2.24) is 4.90 Å². The van der Waals surface area contributed by atoms with Gasteiger partial charge >= 0.3 is 0 Å². The highest BCUT2D eigenvalue weighted by Gasteiger charge is 2.19.